The van der Waals surface area contributed by atoms with Gasteiger partial charge < -0.3 is 10.2 Å². The molecule has 0 saturated heterocycles. The quantitative estimate of drug-likeness (QED) is 0.722. The fraction of sp³-hybridized carbons (Fsp3) is 0.643. The lowest BCUT2D eigenvalue weighted by Gasteiger charge is -2.19. The molecular weight excluding hydrogens is 229 g/mol. The monoisotopic (exact) mass is 253 g/mol. The Hall–Kier alpha value is -1.16. The second-order valence-corrected chi connectivity index (χ2v) is 4.56. The maximum atomic E-state index is 14.2. The molecule has 1 N–H and O–H groups in total. The largest absolute Gasteiger partial charge is 0.357 e. The van der Waals surface area contributed by atoms with Crippen LogP contribution < -0.4 is 10.2 Å². The molecule has 0 amide bonds. The van der Waals surface area contributed by atoms with Crippen molar-refractivity contribution in [3.8, 4) is 0 Å². The number of nitrogens with zero attached hydrogens (tertiary/aromatic N) is 2. The van der Waals surface area contributed by atoms with Crippen molar-refractivity contribution in [2.24, 2.45) is 0 Å². The molecule has 0 aliphatic rings. The molecule has 1 heterocycles. The number of pyridine rings is 1. The summed E-state index contributed by atoms with van der Waals surface area (Å²) in [4.78, 5) is 6.03. The van der Waals surface area contributed by atoms with Gasteiger partial charge in [0.25, 0.3) is 0 Å². The molecule has 0 bridgehead atoms. The zero-order valence-corrected chi connectivity index (χ0v) is 11.7. The van der Waals surface area contributed by atoms with Crippen LogP contribution in [0.1, 0.15) is 38.7 Å². The third kappa shape index (κ3) is 4.26. The van der Waals surface area contributed by atoms with E-state index in [1.54, 1.807) is 12.3 Å². The Morgan fingerprint density at radius 3 is 2.78 bits per heavy atom. The third-order valence-corrected chi connectivity index (χ3v) is 2.90. The average molecular weight is 253 g/mol. The van der Waals surface area contributed by atoms with Crippen molar-refractivity contribution in [2.75, 3.05) is 25.0 Å². The molecule has 0 aromatic carbocycles. The van der Waals surface area contributed by atoms with Crippen LogP contribution in [0, 0.1) is 5.82 Å². The number of hydrogen-bond donors (Lipinski definition) is 1. The smallest absolute Gasteiger partial charge is 0.170 e. The molecule has 0 unspecified atom stereocenters. The Morgan fingerprint density at radius 2 is 2.11 bits per heavy atom. The van der Waals surface area contributed by atoms with E-state index in [1.807, 2.05) is 11.9 Å². The number of rotatable bonds is 8. The molecule has 102 valence electrons. The fourth-order valence-corrected chi connectivity index (χ4v) is 1.77. The minimum absolute atomic E-state index is 0.195. The van der Waals surface area contributed by atoms with Crippen molar-refractivity contribution in [3.63, 3.8) is 0 Å². The van der Waals surface area contributed by atoms with Crippen LogP contribution in [-0.2, 0) is 6.54 Å². The Labute approximate surface area is 109 Å². The van der Waals surface area contributed by atoms with E-state index in [0.29, 0.717) is 17.9 Å². The summed E-state index contributed by atoms with van der Waals surface area (Å²) in [6.07, 6.45) is 4.89. The zero-order valence-electron chi connectivity index (χ0n) is 11.7. The van der Waals surface area contributed by atoms with E-state index in [-0.39, 0.29) is 5.82 Å². The van der Waals surface area contributed by atoms with Gasteiger partial charge in [-0.05, 0) is 25.5 Å². The number of halogens is 1. The third-order valence-electron chi connectivity index (χ3n) is 2.90. The van der Waals surface area contributed by atoms with Crippen LogP contribution in [0.15, 0.2) is 12.3 Å². The molecule has 1 aromatic heterocycles. The van der Waals surface area contributed by atoms with Crippen LogP contribution in [0.2, 0.25) is 0 Å². The lowest BCUT2D eigenvalue weighted by atomic mass is 10.2. The first kappa shape index (κ1) is 14.9. The van der Waals surface area contributed by atoms with Crippen molar-refractivity contribution < 1.29 is 4.39 Å². The van der Waals surface area contributed by atoms with Gasteiger partial charge in [0, 0.05) is 31.9 Å². The number of anilines is 1. The maximum absolute atomic E-state index is 14.2. The lowest BCUT2D eigenvalue weighted by Crippen LogP contribution is -2.22. The van der Waals surface area contributed by atoms with Gasteiger partial charge in [-0.15, -0.1) is 0 Å². The zero-order chi connectivity index (χ0) is 13.4. The summed E-state index contributed by atoms with van der Waals surface area (Å²) in [5.74, 6) is 0.263. The van der Waals surface area contributed by atoms with Gasteiger partial charge in [0.15, 0.2) is 11.6 Å². The molecule has 0 aliphatic carbocycles. The van der Waals surface area contributed by atoms with Gasteiger partial charge in [-0.2, -0.15) is 0 Å². The summed E-state index contributed by atoms with van der Waals surface area (Å²) in [5, 5.41) is 3.22. The van der Waals surface area contributed by atoms with Crippen molar-refractivity contribution in [1.82, 2.24) is 10.3 Å². The highest BCUT2D eigenvalue weighted by Gasteiger charge is 2.12. The summed E-state index contributed by atoms with van der Waals surface area (Å²) in [6.45, 7) is 6.54. The number of aromatic nitrogens is 1. The van der Waals surface area contributed by atoms with Crippen molar-refractivity contribution in [3.05, 3.63) is 23.6 Å². The minimum atomic E-state index is -0.195. The molecular formula is C14H24FN3. The predicted octanol–water partition coefficient (Wildman–Crippen LogP) is 2.96. The minimum Gasteiger partial charge on any atom is -0.357 e. The van der Waals surface area contributed by atoms with Crippen LogP contribution in [0.25, 0.3) is 0 Å². The van der Waals surface area contributed by atoms with E-state index in [4.69, 9.17) is 0 Å². The van der Waals surface area contributed by atoms with Gasteiger partial charge in [0.05, 0.1) is 0 Å². The first-order valence-electron chi connectivity index (χ1n) is 6.75. The Kier molecular flexibility index (Phi) is 6.65. The van der Waals surface area contributed by atoms with E-state index in [0.717, 1.165) is 32.4 Å². The Morgan fingerprint density at radius 1 is 1.33 bits per heavy atom. The van der Waals surface area contributed by atoms with E-state index in [2.05, 4.69) is 24.1 Å². The van der Waals surface area contributed by atoms with Gasteiger partial charge in [0.2, 0.25) is 0 Å². The predicted molar refractivity (Wildman–Crippen MR) is 74.4 cm³/mol. The van der Waals surface area contributed by atoms with Crippen LogP contribution in [0.4, 0.5) is 10.2 Å². The summed E-state index contributed by atoms with van der Waals surface area (Å²) < 4.78 is 14.2. The van der Waals surface area contributed by atoms with E-state index >= 15 is 0 Å². The van der Waals surface area contributed by atoms with E-state index < -0.39 is 0 Å². The highest BCUT2D eigenvalue weighted by atomic mass is 19.1. The van der Waals surface area contributed by atoms with Gasteiger partial charge in [-0.25, -0.2) is 9.37 Å². The normalized spacial score (nSPS) is 10.7. The molecule has 18 heavy (non-hydrogen) atoms. The highest BCUT2D eigenvalue weighted by molar-refractivity contribution is 5.42. The molecule has 0 saturated carbocycles. The lowest BCUT2D eigenvalue weighted by molar-refractivity contribution is 0.576. The molecule has 4 heteroatoms. The first-order valence-corrected chi connectivity index (χ1v) is 6.75. The van der Waals surface area contributed by atoms with Crippen molar-refractivity contribution >= 4 is 5.82 Å². The summed E-state index contributed by atoms with van der Waals surface area (Å²) in [5.41, 5.74) is 0.691. The van der Waals surface area contributed by atoms with Crippen molar-refractivity contribution in [1.29, 1.82) is 0 Å². The Balaban J connectivity index is 2.71. The van der Waals surface area contributed by atoms with E-state index in [9.17, 15) is 4.39 Å². The van der Waals surface area contributed by atoms with Crippen LogP contribution in [0.3, 0.4) is 0 Å². The SMILES string of the molecule is CCCCN(C)c1nccc(CNCCC)c1F. The fourth-order valence-electron chi connectivity index (χ4n) is 1.77. The molecule has 0 atom stereocenters. The summed E-state index contributed by atoms with van der Waals surface area (Å²) in [7, 11) is 1.89. The maximum Gasteiger partial charge on any atom is 0.170 e. The second-order valence-electron chi connectivity index (χ2n) is 4.56. The Bertz CT molecular complexity index is 355. The summed E-state index contributed by atoms with van der Waals surface area (Å²) >= 11 is 0. The summed E-state index contributed by atoms with van der Waals surface area (Å²) in [6, 6.07) is 1.75. The van der Waals surface area contributed by atoms with Gasteiger partial charge in [0.1, 0.15) is 0 Å². The molecule has 0 radical (unpaired) electrons. The molecule has 0 spiro atoms. The van der Waals surface area contributed by atoms with Gasteiger partial charge in [-0.3, -0.25) is 0 Å². The van der Waals surface area contributed by atoms with Crippen LogP contribution >= 0.6 is 0 Å². The molecule has 3 nitrogen and oxygen atoms in total. The molecule has 1 aromatic rings. The average Bonchev–Trinajstić information content (AvgIpc) is 2.38. The van der Waals surface area contributed by atoms with Crippen LogP contribution in [-0.4, -0.2) is 25.1 Å². The highest BCUT2D eigenvalue weighted by Crippen LogP contribution is 2.18. The molecule has 1 rings (SSSR count). The number of hydrogen-bond acceptors (Lipinski definition) is 3. The number of nitrogens with one attached hydrogen (secondary N) is 1. The first-order chi connectivity index (χ1) is 8.70. The topological polar surface area (TPSA) is 28.2 Å². The van der Waals surface area contributed by atoms with Gasteiger partial charge in [-0.1, -0.05) is 20.3 Å². The van der Waals surface area contributed by atoms with Crippen molar-refractivity contribution in [2.45, 2.75) is 39.7 Å². The number of unbranched alkanes of at least 4 members (excludes halogenated alkanes) is 1. The van der Waals surface area contributed by atoms with E-state index in [1.165, 1.54) is 0 Å². The van der Waals surface area contributed by atoms with Crippen LogP contribution in [0.5, 0.6) is 0 Å². The molecule has 0 aliphatic heterocycles. The standard InChI is InChI=1S/C14H24FN3/c1-4-6-10-18(3)14-13(15)12(7-9-17-14)11-16-8-5-2/h7,9,16H,4-6,8,10-11H2,1-3H3. The van der Waals surface area contributed by atoms with Gasteiger partial charge >= 0.3 is 0 Å². The molecule has 0 fully saturated rings. The second kappa shape index (κ2) is 8.03.